The predicted octanol–water partition coefficient (Wildman–Crippen LogP) is 3.12. The fraction of sp³-hybridized carbons (Fsp3) is 0.750. The van der Waals surface area contributed by atoms with Crippen LogP contribution in [0.5, 0.6) is 0 Å². The van der Waals surface area contributed by atoms with Crippen molar-refractivity contribution in [2.75, 3.05) is 0 Å². The maximum Gasteiger partial charge on any atom is 0.0849 e. The zero-order valence-electron chi connectivity index (χ0n) is 5.78. The summed E-state index contributed by atoms with van der Waals surface area (Å²) in [5, 5.41) is 0.785. The van der Waals surface area contributed by atoms with E-state index in [1.165, 1.54) is 6.42 Å². The lowest BCUT2D eigenvalue weighted by Crippen LogP contribution is -2.19. The second-order valence-electron chi connectivity index (χ2n) is 3.91. The number of fused-ring (bicyclic) bond motifs is 5. The Balaban J connectivity index is 2.18. The summed E-state index contributed by atoms with van der Waals surface area (Å²) in [4.78, 5) is -0.447. The van der Waals surface area contributed by atoms with E-state index in [4.69, 9.17) is 34.8 Å². The Bertz CT molecular complexity index is 273. The van der Waals surface area contributed by atoms with Gasteiger partial charge in [-0.05, 0) is 30.8 Å². The lowest BCUT2D eigenvalue weighted by atomic mass is 10.1. The van der Waals surface area contributed by atoms with E-state index in [9.17, 15) is 0 Å². The Morgan fingerprint density at radius 2 is 2.09 bits per heavy atom. The van der Waals surface area contributed by atoms with E-state index in [0.717, 1.165) is 11.5 Å². The third-order valence-electron chi connectivity index (χ3n) is 3.29. The van der Waals surface area contributed by atoms with Gasteiger partial charge in [0.15, 0.2) is 0 Å². The SMILES string of the molecule is ClC1=C[C@]2(Cl)C[C@@]1(Cl)[C@@H]1C[C@@H]12. The maximum absolute atomic E-state index is 6.34. The van der Waals surface area contributed by atoms with Gasteiger partial charge in [0, 0.05) is 5.03 Å². The number of allylic oxidation sites excluding steroid dienone is 2. The second-order valence-corrected chi connectivity index (χ2v) is 5.69. The van der Waals surface area contributed by atoms with Gasteiger partial charge >= 0.3 is 0 Å². The summed E-state index contributed by atoms with van der Waals surface area (Å²) >= 11 is 18.7. The van der Waals surface area contributed by atoms with Crippen LogP contribution >= 0.6 is 34.8 Å². The summed E-state index contributed by atoms with van der Waals surface area (Å²) < 4.78 is 0. The van der Waals surface area contributed by atoms with Gasteiger partial charge < -0.3 is 0 Å². The fourth-order valence-electron chi connectivity index (χ4n) is 2.64. The van der Waals surface area contributed by atoms with Crippen molar-refractivity contribution in [3.63, 3.8) is 0 Å². The van der Waals surface area contributed by atoms with Gasteiger partial charge in [0.1, 0.15) is 0 Å². The Labute approximate surface area is 80.5 Å². The molecule has 0 unspecified atom stereocenters. The van der Waals surface area contributed by atoms with Crippen LogP contribution in [-0.4, -0.2) is 9.75 Å². The first-order valence-electron chi connectivity index (χ1n) is 3.83. The Kier molecular flexibility index (Phi) is 1.04. The molecule has 0 aromatic rings. The third-order valence-corrected chi connectivity index (χ3v) is 4.97. The van der Waals surface area contributed by atoms with Gasteiger partial charge in [0.25, 0.3) is 0 Å². The van der Waals surface area contributed by atoms with Gasteiger partial charge in [-0.15, -0.1) is 23.2 Å². The molecule has 3 aliphatic rings. The number of halogens is 3. The molecule has 0 radical (unpaired) electrons. The number of alkyl halides is 2. The van der Waals surface area contributed by atoms with Crippen molar-refractivity contribution in [1.29, 1.82) is 0 Å². The summed E-state index contributed by atoms with van der Waals surface area (Å²) in [5.74, 6) is 1.18. The van der Waals surface area contributed by atoms with Gasteiger partial charge in [0.2, 0.25) is 0 Å². The summed E-state index contributed by atoms with van der Waals surface area (Å²) in [5.41, 5.74) is 0. The zero-order chi connectivity index (χ0) is 7.85. The quantitative estimate of drug-likeness (QED) is 0.538. The minimum atomic E-state index is -0.270. The average molecular weight is 210 g/mol. The topological polar surface area (TPSA) is 0 Å². The molecule has 0 saturated heterocycles. The Morgan fingerprint density at radius 1 is 1.36 bits per heavy atom. The van der Waals surface area contributed by atoms with E-state index >= 15 is 0 Å². The molecule has 0 N–H and O–H groups in total. The van der Waals surface area contributed by atoms with Crippen molar-refractivity contribution in [3.8, 4) is 0 Å². The van der Waals surface area contributed by atoms with Crippen LogP contribution in [0.2, 0.25) is 0 Å². The molecule has 60 valence electrons. The lowest BCUT2D eigenvalue weighted by Gasteiger charge is -2.18. The van der Waals surface area contributed by atoms with Gasteiger partial charge in [-0.25, -0.2) is 0 Å². The normalized spacial score (nSPS) is 64.5. The van der Waals surface area contributed by atoms with Crippen molar-refractivity contribution < 1.29 is 0 Å². The van der Waals surface area contributed by atoms with E-state index in [1.54, 1.807) is 0 Å². The van der Waals surface area contributed by atoms with Crippen molar-refractivity contribution >= 4 is 34.8 Å². The first-order valence-corrected chi connectivity index (χ1v) is 4.96. The molecular weight excluding hydrogens is 202 g/mol. The number of hydrogen-bond donors (Lipinski definition) is 0. The van der Waals surface area contributed by atoms with E-state index in [0.29, 0.717) is 11.8 Å². The van der Waals surface area contributed by atoms with Crippen molar-refractivity contribution in [2.24, 2.45) is 11.8 Å². The molecule has 2 fully saturated rings. The molecule has 11 heavy (non-hydrogen) atoms. The van der Waals surface area contributed by atoms with Crippen LogP contribution in [0, 0.1) is 11.8 Å². The molecule has 0 aromatic heterocycles. The molecule has 0 amide bonds. The minimum Gasteiger partial charge on any atom is -0.114 e. The predicted molar refractivity (Wildman–Crippen MR) is 47.3 cm³/mol. The van der Waals surface area contributed by atoms with Crippen LogP contribution in [0.15, 0.2) is 11.1 Å². The van der Waals surface area contributed by atoms with Crippen LogP contribution in [0.3, 0.4) is 0 Å². The van der Waals surface area contributed by atoms with Crippen molar-refractivity contribution in [1.82, 2.24) is 0 Å². The van der Waals surface area contributed by atoms with Gasteiger partial charge in [-0.3, -0.25) is 0 Å². The molecule has 0 aliphatic heterocycles. The molecule has 2 bridgehead atoms. The zero-order valence-corrected chi connectivity index (χ0v) is 8.05. The molecule has 3 aliphatic carbocycles. The molecule has 2 saturated carbocycles. The molecule has 0 spiro atoms. The summed E-state index contributed by atoms with van der Waals surface area (Å²) in [7, 11) is 0. The standard InChI is InChI=1S/C8H7Cl3/c9-6-2-7(10)3-8(6,11)5-1-4(5)7/h2,4-5H,1,3H2/t4-,5+,7-,8+/m0/s1. The summed E-state index contributed by atoms with van der Waals surface area (Å²) in [6.07, 6.45) is 3.97. The van der Waals surface area contributed by atoms with E-state index in [1.807, 2.05) is 6.08 Å². The molecule has 0 nitrogen and oxygen atoms in total. The number of hydrogen-bond acceptors (Lipinski definition) is 0. The minimum absolute atomic E-state index is 0.177. The second kappa shape index (κ2) is 1.62. The van der Waals surface area contributed by atoms with Gasteiger partial charge in [-0.2, -0.15) is 0 Å². The molecule has 4 atom stereocenters. The maximum atomic E-state index is 6.34. The van der Waals surface area contributed by atoms with Crippen LogP contribution in [-0.2, 0) is 0 Å². The van der Waals surface area contributed by atoms with Crippen LogP contribution in [0.25, 0.3) is 0 Å². The fourth-order valence-corrected chi connectivity index (χ4v) is 4.24. The van der Waals surface area contributed by atoms with Crippen LogP contribution in [0.1, 0.15) is 12.8 Å². The number of rotatable bonds is 0. The smallest absolute Gasteiger partial charge is 0.0849 e. The summed E-state index contributed by atoms with van der Waals surface area (Å²) in [6.45, 7) is 0. The van der Waals surface area contributed by atoms with Gasteiger partial charge in [0.05, 0.1) is 9.75 Å². The summed E-state index contributed by atoms with van der Waals surface area (Å²) in [6, 6.07) is 0. The van der Waals surface area contributed by atoms with Gasteiger partial charge in [-0.1, -0.05) is 11.6 Å². The highest BCUT2D eigenvalue weighted by molar-refractivity contribution is 6.43. The van der Waals surface area contributed by atoms with E-state index in [2.05, 4.69) is 0 Å². The largest absolute Gasteiger partial charge is 0.114 e. The molecule has 0 aromatic carbocycles. The Morgan fingerprint density at radius 3 is 2.55 bits per heavy atom. The first-order chi connectivity index (χ1) is 5.06. The average Bonchev–Trinajstić information content (AvgIpc) is 2.55. The third kappa shape index (κ3) is 0.620. The monoisotopic (exact) mass is 208 g/mol. The van der Waals surface area contributed by atoms with E-state index in [-0.39, 0.29) is 9.75 Å². The highest BCUT2D eigenvalue weighted by Crippen LogP contribution is 2.74. The van der Waals surface area contributed by atoms with Crippen molar-refractivity contribution in [2.45, 2.75) is 22.6 Å². The first kappa shape index (κ1) is 7.06. The van der Waals surface area contributed by atoms with E-state index < -0.39 is 0 Å². The van der Waals surface area contributed by atoms with Crippen molar-refractivity contribution in [3.05, 3.63) is 11.1 Å². The molecule has 3 heteroatoms. The highest BCUT2D eigenvalue weighted by atomic mass is 35.5. The molecular formula is C8H7Cl3. The molecule has 0 heterocycles. The highest BCUT2D eigenvalue weighted by Gasteiger charge is 2.72. The van der Waals surface area contributed by atoms with Crippen LogP contribution in [0.4, 0.5) is 0 Å². The van der Waals surface area contributed by atoms with Crippen LogP contribution < -0.4 is 0 Å². The Hall–Kier alpha value is 0.610. The lowest BCUT2D eigenvalue weighted by molar-refractivity contribution is 0.621. The molecule has 3 rings (SSSR count).